The summed E-state index contributed by atoms with van der Waals surface area (Å²) in [6.45, 7) is 4.03. The van der Waals surface area contributed by atoms with Crippen LogP contribution >= 0.6 is 11.8 Å². The van der Waals surface area contributed by atoms with E-state index in [0.717, 1.165) is 29.0 Å². The molecule has 0 N–H and O–H groups in total. The molecule has 0 saturated carbocycles. The Bertz CT molecular complexity index is 1010. The highest BCUT2D eigenvalue weighted by Crippen LogP contribution is 2.43. The van der Waals surface area contributed by atoms with Crippen molar-refractivity contribution in [2.75, 3.05) is 10.7 Å². The van der Waals surface area contributed by atoms with Crippen LogP contribution in [0.25, 0.3) is 11.3 Å². The minimum absolute atomic E-state index is 0.00211. The lowest BCUT2D eigenvalue weighted by atomic mass is 10.1. The maximum Gasteiger partial charge on any atom is 0.247 e. The summed E-state index contributed by atoms with van der Waals surface area (Å²) in [5.74, 6) is 1.22. The van der Waals surface area contributed by atoms with Gasteiger partial charge < -0.3 is 4.74 Å². The molecule has 6 nitrogen and oxygen atoms in total. The van der Waals surface area contributed by atoms with Crippen LogP contribution in [-0.4, -0.2) is 26.8 Å². The summed E-state index contributed by atoms with van der Waals surface area (Å²) in [5.41, 5.74) is 2.97. The molecule has 1 aromatic heterocycles. The number of amides is 1. The third-order valence-corrected chi connectivity index (χ3v) is 5.32. The van der Waals surface area contributed by atoms with Gasteiger partial charge in [-0.05, 0) is 18.2 Å². The maximum atomic E-state index is 13.2. The molecule has 148 valence electrons. The average molecular weight is 407 g/mol. The van der Waals surface area contributed by atoms with Crippen molar-refractivity contribution in [3.05, 3.63) is 60.2 Å². The molecule has 7 heteroatoms. The van der Waals surface area contributed by atoms with E-state index in [4.69, 9.17) is 4.74 Å². The van der Waals surface area contributed by atoms with Gasteiger partial charge in [0.05, 0.1) is 5.69 Å². The quantitative estimate of drug-likeness (QED) is 0.563. The molecule has 1 aliphatic rings. The molecule has 0 unspecified atom stereocenters. The van der Waals surface area contributed by atoms with Gasteiger partial charge in [0.25, 0.3) is 0 Å². The first-order valence-electron chi connectivity index (χ1n) is 9.73. The van der Waals surface area contributed by atoms with Gasteiger partial charge in [-0.3, -0.25) is 9.69 Å². The van der Waals surface area contributed by atoms with E-state index in [-0.39, 0.29) is 5.91 Å². The van der Waals surface area contributed by atoms with Crippen LogP contribution in [0.5, 0.6) is 5.88 Å². The zero-order valence-electron chi connectivity index (χ0n) is 16.4. The van der Waals surface area contributed by atoms with E-state index in [0.29, 0.717) is 23.2 Å². The van der Waals surface area contributed by atoms with Crippen LogP contribution in [0.1, 0.15) is 38.5 Å². The summed E-state index contributed by atoms with van der Waals surface area (Å²) in [4.78, 5) is 19.5. The van der Waals surface area contributed by atoms with Gasteiger partial charge in [0.1, 0.15) is 0 Å². The van der Waals surface area contributed by atoms with Crippen molar-refractivity contribution in [1.29, 1.82) is 0 Å². The normalized spacial score (nSPS) is 15.1. The van der Waals surface area contributed by atoms with Gasteiger partial charge >= 0.3 is 0 Å². The van der Waals surface area contributed by atoms with Crippen LogP contribution in [-0.2, 0) is 4.79 Å². The fourth-order valence-electron chi connectivity index (χ4n) is 3.34. The topological polar surface area (TPSA) is 68.2 Å². The van der Waals surface area contributed by atoms with E-state index < -0.39 is 6.23 Å². The number of rotatable bonds is 5. The molecular formula is C22H22N4O2S. The van der Waals surface area contributed by atoms with Crippen molar-refractivity contribution in [3.63, 3.8) is 0 Å². The predicted molar refractivity (Wildman–Crippen MR) is 114 cm³/mol. The summed E-state index contributed by atoms with van der Waals surface area (Å²) in [6.07, 6.45) is 0.545. The molecule has 29 heavy (non-hydrogen) atoms. The van der Waals surface area contributed by atoms with Crippen LogP contribution in [0.4, 0.5) is 5.69 Å². The highest BCUT2D eigenvalue weighted by atomic mass is 32.2. The van der Waals surface area contributed by atoms with Gasteiger partial charge in [0, 0.05) is 17.5 Å². The molecule has 0 fully saturated rings. The van der Waals surface area contributed by atoms with Crippen LogP contribution < -0.4 is 9.64 Å². The van der Waals surface area contributed by atoms with E-state index >= 15 is 0 Å². The SMILES string of the molecule is CCCC(=O)N1c2ccccc2-c2nnc(SCC)nc2O[C@H]1c1ccccc1. The number of aromatic nitrogens is 3. The van der Waals surface area contributed by atoms with E-state index in [2.05, 4.69) is 15.2 Å². The largest absolute Gasteiger partial charge is 0.447 e. The fraction of sp³-hybridized carbons (Fsp3) is 0.273. The zero-order valence-corrected chi connectivity index (χ0v) is 17.2. The van der Waals surface area contributed by atoms with Gasteiger partial charge in [-0.1, -0.05) is 74.1 Å². The number of nitrogens with zero attached hydrogens (tertiary/aromatic N) is 4. The number of para-hydroxylation sites is 1. The first-order valence-corrected chi connectivity index (χ1v) is 10.7. The monoisotopic (exact) mass is 406 g/mol. The lowest BCUT2D eigenvalue weighted by Gasteiger charge is -2.30. The first-order chi connectivity index (χ1) is 14.2. The molecule has 2 aromatic carbocycles. The van der Waals surface area contributed by atoms with E-state index in [9.17, 15) is 4.79 Å². The molecule has 0 bridgehead atoms. The first kappa shape index (κ1) is 19.4. The lowest BCUT2D eigenvalue weighted by Crippen LogP contribution is -2.37. The van der Waals surface area contributed by atoms with Gasteiger partial charge in [-0.25, -0.2) is 0 Å². The third-order valence-electron chi connectivity index (χ3n) is 4.60. The van der Waals surface area contributed by atoms with Crippen LogP contribution in [0, 0.1) is 0 Å². The van der Waals surface area contributed by atoms with Crippen LogP contribution in [0.3, 0.4) is 0 Å². The van der Waals surface area contributed by atoms with E-state index in [1.165, 1.54) is 11.8 Å². The molecule has 1 amide bonds. The minimum Gasteiger partial charge on any atom is -0.447 e. The molecule has 0 spiro atoms. The van der Waals surface area contributed by atoms with E-state index in [1.807, 2.05) is 68.4 Å². The Morgan fingerprint density at radius 3 is 2.59 bits per heavy atom. The number of carbonyl (C=O) groups is 1. The second-order valence-corrected chi connectivity index (χ2v) is 7.82. The molecule has 0 saturated heterocycles. The molecule has 4 rings (SSSR count). The van der Waals surface area contributed by atoms with Crippen molar-refractivity contribution >= 4 is 23.4 Å². The Balaban J connectivity index is 1.93. The van der Waals surface area contributed by atoms with Gasteiger partial charge in [0.15, 0.2) is 5.69 Å². The summed E-state index contributed by atoms with van der Waals surface area (Å²) < 4.78 is 6.37. The Labute approximate surface area is 174 Å². The highest BCUT2D eigenvalue weighted by molar-refractivity contribution is 7.99. The van der Waals surface area contributed by atoms with Crippen molar-refractivity contribution in [1.82, 2.24) is 15.2 Å². The number of carbonyl (C=O) groups excluding carboxylic acids is 1. The molecule has 1 atom stereocenters. The van der Waals surface area contributed by atoms with Crippen molar-refractivity contribution < 1.29 is 9.53 Å². The molecule has 3 aromatic rings. The average Bonchev–Trinajstić information content (AvgIpc) is 2.89. The molecule has 1 aliphatic heterocycles. The third kappa shape index (κ3) is 3.82. The lowest BCUT2D eigenvalue weighted by molar-refractivity contribution is -0.120. The summed E-state index contributed by atoms with van der Waals surface area (Å²) in [7, 11) is 0. The Kier molecular flexibility index (Phi) is 5.76. The number of thioether (sulfide) groups is 1. The van der Waals surface area contributed by atoms with Crippen molar-refractivity contribution in [2.45, 2.75) is 38.1 Å². The molecule has 0 aliphatic carbocycles. The standard InChI is InChI=1S/C22H22N4O2S/c1-3-10-18(27)26-17-14-9-8-13-16(17)19-20(23-22(25-24-19)29-4-2)28-21(26)15-11-6-5-7-12-15/h5-9,11-14,21H,3-4,10H2,1-2H3/t21-/m0/s1. The smallest absolute Gasteiger partial charge is 0.247 e. The Morgan fingerprint density at radius 1 is 1.07 bits per heavy atom. The Hall–Kier alpha value is -2.93. The second-order valence-electron chi connectivity index (χ2n) is 6.59. The predicted octanol–water partition coefficient (Wildman–Crippen LogP) is 4.87. The fourth-order valence-corrected chi connectivity index (χ4v) is 3.85. The number of hydrogen-bond acceptors (Lipinski definition) is 6. The van der Waals surface area contributed by atoms with Crippen LogP contribution in [0.2, 0.25) is 0 Å². The van der Waals surface area contributed by atoms with E-state index in [1.54, 1.807) is 4.90 Å². The van der Waals surface area contributed by atoms with Gasteiger partial charge in [0.2, 0.25) is 23.2 Å². The number of fused-ring (bicyclic) bond motifs is 3. The maximum absolute atomic E-state index is 13.2. The summed E-state index contributed by atoms with van der Waals surface area (Å²) in [6, 6.07) is 17.4. The number of hydrogen-bond donors (Lipinski definition) is 0. The highest BCUT2D eigenvalue weighted by Gasteiger charge is 2.35. The molecular weight excluding hydrogens is 384 g/mol. The molecule has 2 heterocycles. The number of ether oxygens (including phenoxy) is 1. The van der Waals surface area contributed by atoms with Gasteiger partial charge in [-0.15, -0.1) is 10.2 Å². The van der Waals surface area contributed by atoms with Crippen molar-refractivity contribution in [2.24, 2.45) is 0 Å². The number of benzene rings is 2. The molecule has 0 radical (unpaired) electrons. The second kappa shape index (κ2) is 8.61. The zero-order chi connectivity index (χ0) is 20.2. The number of anilines is 1. The van der Waals surface area contributed by atoms with Gasteiger partial charge in [-0.2, -0.15) is 4.98 Å². The van der Waals surface area contributed by atoms with Crippen LogP contribution in [0.15, 0.2) is 59.8 Å². The Morgan fingerprint density at radius 2 is 1.83 bits per heavy atom. The summed E-state index contributed by atoms with van der Waals surface area (Å²) in [5, 5.41) is 9.21. The summed E-state index contributed by atoms with van der Waals surface area (Å²) >= 11 is 1.50. The van der Waals surface area contributed by atoms with Crippen molar-refractivity contribution in [3.8, 4) is 17.1 Å². The minimum atomic E-state index is -0.631.